The van der Waals surface area contributed by atoms with Crippen LogP contribution in [0.15, 0.2) is 36.0 Å². The second-order valence-electron chi connectivity index (χ2n) is 4.12. The molecule has 0 aromatic carbocycles. The summed E-state index contributed by atoms with van der Waals surface area (Å²) in [5.41, 5.74) is 1.13. The summed E-state index contributed by atoms with van der Waals surface area (Å²) in [7, 11) is 0. The van der Waals surface area contributed by atoms with Crippen LogP contribution in [0.4, 0.5) is 0 Å². The molecule has 96 valence electrons. The molecular weight excluding hydrogens is 268 g/mol. The highest BCUT2D eigenvalue weighted by atomic mass is 35.5. The quantitative estimate of drug-likeness (QED) is 0.940. The molecule has 1 atom stereocenters. The third-order valence-corrected chi connectivity index (χ3v) is 3.76. The fourth-order valence-corrected chi connectivity index (χ4v) is 2.69. The van der Waals surface area contributed by atoms with Gasteiger partial charge in [0.1, 0.15) is 11.9 Å². The Labute approximate surface area is 117 Å². The zero-order valence-electron chi connectivity index (χ0n) is 9.83. The van der Waals surface area contributed by atoms with Crippen LogP contribution >= 0.6 is 23.7 Å². The summed E-state index contributed by atoms with van der Waals surface area (Å²) in [6, 6.07) is 6.22. The fraction of sp³-hybridized carbons (Fsp3) is 0.308. The summed E-state index contributed by atoms with van der Waals surface area (Å²) in [5, 5.41) is 5.36. The zero-order chi connectivity index (χ0) is 11.5. The number of ether oxygens (including phenoxy) is 1. The molecule has 18 heavy (non-hydrogen) atoms. The van der Waals surface area contributed by atoms with Gasteiger partial charge in [-0.2, -0.15) is 0 Å². The average molecular weight is 283 g/mol. The largest absolute Gasteiger partial charge is 0.487 e. The number of aromatic nitrogens is 1. The van der Waals surface area contributed by atoms with E-state index in [1.54, 1.807) is 17.5 Å². The molecule has 1 fully saturated rings. The summed E-state index contributed by atoms with van der Waals surface area (Å²) in [6.07, 6.45) is 5.03. The van der Waals surface area contributed by atoms with Crippen LogP contribution in [0.2, 0.25) is 0 Å². The standard InChI is InChI=1S/C13H14N2OS.ClH/c1-2-13(17-5-1)10-6-12(9-15-7-10)16-11-3-4-14-8-11;/h1-2,5-7,9,11,14H,3-4,8H2;1H/t11-;/m1./s1. The van der Waals surface area contributed by atoms with E-state index in [1.807, 2.05) is 6.20 Å². The molecule has 0 aliphatic carbocycles. The first-order chi connectivity index (χ1) is 8.42. The van der Waals surface area contributed by atoms with Gasteiger partial charge in [0.15, 0.2) is 0 Å². The molecule has 1 aliphatic rings. The molecule has 1 saturated heterocycles. The molecule has 0 radical (unpaired) electrons. The van der Waals surface area contributed by atoms with Crippen molar-refractivity contribution in [2.75, 3.05) is 13.1 Å². The highest BCUT2D eigenvalue weighted by Crippen LogP contribution is 2.27. The lowest BCUT2D eigenvalue weighted by Crippen LogP contribution is -2.19. The van der Waals surface area contributed by atoms with E-state index in [1.165, 1.54) is 4.88 Å². The SMILES string of the molecule is Cl.c1csc(-c2cncc(O[C@@H]3CCNC3)c2)c1. The summed E-state index contributed by atoms with van der Waals surface area (Å²) in [4.78, 5) is 5.47. The molecular formula is C13H15ClN2OS. The number of nitrogens with one attached hydrogen (secondary N) is 1. The van der Waals surface area contributed by atoms with Crippen LogP contribution in [0.1, 0.15) is 6.42 Å². The van der Waals surface area contributed by atoms with Crippen LogP contribution in [0.25, 0.3) is 10.4 Å². The smallest absolute Gasteiger partial charge is 0.138 e. The van der Waals surface area contributed by atoms with E-state index >= 15 is 0 Å². The van der Waals surface area contributed by atoms with Crippen LogP contribution in [-0.2, 0) is 0 Å². The molecule has 5 heteroatoms. The van der Waals surface area contributed by atoms with E-state index in [9.17, 15) is 0 Å². The van der Waals surface area contributed by atoms with Gasteiger partial charge in [0.05, 0.1) is 6.20 Å². The Kier molecular flexibility index (Phi) is 4.58. The van der Waals surface area contributed by atoms with Crippen LogP contribution in [-0.4, -0.2) is 24.2 Å². The first-order valence-corrected chi connectivity index (χ1v) is 6.66. The van der Waals surface area contributed by atoms with E-state index < -0.39 is 0 Å². The van der Waals surface area contributed by atoms with Gasteiger partial charge in [-0.05, 0) is 30.5 Å². The molecule has 3 heterocycles. The third kappa shape index (κ3) is 3.02. The average Bonchev–Trinajstić information content (AvgIpc) is 3.01. The predicted octanol–water partition coefficient (Wildman–Crippen LogP) is 2.97. The van der Waals surface area contributed by atoms with Crippen molar-refractivity contribution in [1.29, 1.82) is 0 Å². The minimum absolute atomic E-state index is 0. The Morgan fingerprint density at radius 3 is 3.06 bits per heavy atom. The van der Waals surface area contributed by atoms with Gasteiger partial charge in [0.25, 0.3) is 0 Å². The lowest BCUT2D eigenvalue weighted by Gasteiger charge is -2.12. The first-order valence-electron chi connectivity index (χ1n) is 5.78. The normalized spacial score (nSPS) is 18.3. The molecule has 2 aromatic rings. The Balaban J connectivity index is 0.00000120. The number of hydrogen-bond acceptors (Lipinski definition) is 4. The van der Waals surface area contributed by atoms with Crippen molar-refractivity contribution in [3.8, 4) is 16.2 Å². The van der Waals surface area contributed by atoms with Crippen molar-refractivity contribution in [3.05, 3.63) is 36.0 Å². The number of pyridine rings is 1. The molecule has 1 N–H and O–H groups in total. The monoisotopic (exact) mass is 282 g/mol. The number of rotatable bonds is 3. The van der Waals surface area contributed by atoms with Crippen LogP contribution < -0.4 is 10.1 Å². The number of nitrogens with zero attached hydrogens (tertiary/aromatic N) is 1. The minimum Gasteiger partial charge on any atom is -0.487 e. The van der Waals surface area contributed by atoms with Gasteiger partial charge in [-0.25, -0.2) is 0 Å². The molecule has 0 unspecified atom stereocenters. The van der Waals surface area contributed by atoms with E-state index in [0.29, 0.717) is 0 Å². The van der Waals surface area contributed by atoms with Crippen molar-refractivity contribution in [3.63, 3.8) is 0 Å². The molecule has 0 bridgehead atoms. The van der Waals surface area contributed by atoms with Gasteiger partial charge in [0.2, 0.25) is 0 Å². The zero-order valence-corrected chi connectivity index (χ0v) is 11.5. The number of halogens is 1. The minimum atomic E-state index is 0. The molecule has 1 aliphatic heterocycles. The van der Waals surface area contributed by atoms with E-state index in [-0.39, 0.29) is 18.5 Å². The van der Waals surface area contributed by atoms with Gasteiger partial charge in [0, 0.05) is 23.2 Å². The van der Waals surface area contributed by atoms with Gasteiger partial charge >= 0.3 is 0 Å². The van der Waals surface area contributed by atoms with Crippen molar-refractivity contribution >= 4 is 23.7 Å². The number of thiophene rings is 1. The Bertz CT molecular complexity index is 483. The molecule has 0 saturated carbocycles. The number of hydrogen-bond donors (Lipinski definition) is 1. The summed E-state index contributed by atoms with van der Waals surface area (Å²) in [6.45, 7) is 1.98. The second-order valence-corrected chi connectivity index (χ2v) is 5.07. The highest BCUT2D eigenvalue weighted by molar-refractivity contribution is 7.13. The lowest BCUT2D eigenvalue weighted by atomic mass is 10.2. The summed E-state index contributed by atoms with van der Waals surface area (Å²) >= 11 is 1.72. The predicted molar refractivity (Wildman–Crippen MR) is 76.7 cm³/mol. The molecule has 0 amide bonds. The molecule has 3 nitrogen and oxygen atoms in total. The first kappa shape index (κ1) is 13.3. The van der Waals surface area contributed by atoms with E-state index in [2.05, 4.69) is 33.9 Å². The Hall–Kier alpha value is -1.10. The van der Waals surface area contributed by atoms with Gasteiger partial charge in [-0.3, -0.25) is 4.98 Å². The molecule has 3 rings (SSSR count). The third-order valence-electron chi connectivity index (χ3n) is 2.84. The Morgan fingerprint density at radius 2 is 2.33 bits per heavy atom. The highest BCUT2D eigenvalue weighted by Gasteiger charge is 2.16. The maximum Gasteiger partial charge on any atom is 0.138 e. The van der Waals surface area contributed by atoms with Crippen LogP contribution in [0.5, 0.6) is 5.75 Å². The van der Waals surface area contributed by atoms with Crippen molar-refractivity contribution in [2.45, 2.75) is 12.5 Å². The van der Waals surface area contributed by atoms with Crippen molar-refractivity contribution < 1.29 is 4.74 Å². The summed E-state index contributed by atoms with van der Waals surface area (Å²) < 4.78 is 5.89. The van der Waals surface area contributed by atoms with Gasteiger partial charge in [-0.15, -0.1) is 23.7 Å². The van der Waals surface area contributed by atoms with Gasteiger partial charge < -0.3 is 10.1 Å². The lowest BCUT2D eigenvalue weighted by molar-refractivity contribution is 0.222. The maximum atomic E-state index is 5.89. The topological polar surface area (TPSA) is 34.1 Å². The maximum absolute atomic E-state index is 5.89. The Morgan fingerprint density at radius 1 is 1.39 bits per heavy atom. The fourth-order valence-electron chi connectivity index (χ4n) is 1.98. The molecule has 0 spiro atoms. The summed E-state index contributed by atoms with van der Waals surface area (Å²) in [5.74, 6) is 0.865. The van der Waals surface area contributed by atoms with Crippen molar-refractivity contribution in [2.24, 2.45) is 0 Å². The van der Waals surface area contributed by atoms with E-state index in [4.69, 9.17) is 4.74 Å². The van der Waals surface area contributed by atoms with E-state index in [0.717, 1.165) is 30.8 Å². The van der Waals surface area contributed by atoms with Crippen molar-refractivity contribution in [1.82, 2.24) is 10.3 Å². The second kappa shape index (κ2) is 6.18. The van der Waals surface area contributed by atoms with Crippen LogP contribution in [0, 0.1) is 0 Å². The van der Waals surface area contributed by atoms with Crippen LogP contribution in [0.3, 0.4) is 0 Å². The van der Waals surface area contributed by atoms with Gasteiger partial charge in [-0.1, -0.05) is 6.07 Å². The molecule has 2 aromatic heterocycles.